The molecule has 3 aromatic rings. The number of imidazole rings is 1. The topological polar surface area (TPSA) is 26.5 Å². The summed E-state index contributed by atoms with van der Waals surface area (Å²) in [5, 5.41) is 0. The van der Waals surface area contributed by atoms with Crippen LogP contribution in [0, 0.1) is 13.8 Å². The van der Waals surface area contributed by atoms with Crippen molar-refractivity contribution in [1.82, 2.24) is 9.38 Å². The summed E-state index contributed by atoms with van der Waals surface area (Å²) in [5.74, 6) is 0.897. The highest BCUT2D eigenvalue weighted by Crippen LogP contribution is 2.31. The number of methoxy groups -OCH3 is 1. The Labute approximate surface area is 158 Å². The van der Waals surface area contributed by atoms with Crippen LogP contribution in [0.1, 0.15) is 48.8 Å². The van der Waals surface area contributed by atoms with Crippen molar-refractivity contribution in [2.24, 2.45) is 0 Å². The molecule has 3 rings (SSSR count). The Bertz CT molecular complexity index is 935. The summed E-state index contributed by atoms with van der Waals surface area (Å²) < 4.78 is 8.65. The van der Waals surface area contributed by atoms with E-state index < -0.39 is 0 Å². The molecule has 0 radical (unpaired) electrons. The molecule has 2 heterocycles. The molecule has 132 valence electrons. The zero-order valence-corrected chi connectivity index (χ0v) is 17.4. The minimum Gasteiger partial charge on any atom is -0.497 e. The number of fused-ring (bicyclic) bond motifs is 1. The number of benzene rings is 1. The SMILES string of the molecule is COc1ccc(Cc2c(C(C)(C)C)nc3c(C)cc(Br)cn23)c(C)c1. The number of nitrogens with zero attached hydrogens (tertiary/aromatic N) is 2. The van der Waals surface area contributed by atoms with E-state index in [-0.39, 0.29) is 5.41 Å². The van der Waals surface area contributed by atoms with Crippen LogP contribution >= 0.6 is 15.9 Å². The summed E-state index contributed by atoms with van der Waals surface area (Å²) in [5.41, 5.74) is 7.14. The first-order valence-corrected chi connectivity index (χ1v) is 9.31. The fourth-order valence-corrected chi connectivity index (χ4v) is 3.81. The van der Waals surface area contributed by atoms with Gasteiger partial charge in [0.2, 0.25) is 0 Å². The van der Waals surface area contributed by atoms with E-state index in [0.29, 0.717) is 0 Å². The second kappa shape index (κ2) is 6.49. The molecule has 0 amide bonds. The molecule has 2 aromatic heterocycles. The Morgan fingerprint density at radius 1 is 1.12 bits per heavy atom. The fourth-order valence-electron chi connectivity index (χ4n) is 3.26. The maximum Gasteiger partial charge on any atom is 0.140 e. The van der Waals surface area contributed by atoms with Crippen molar-refractivity contribution in [3.63, 3.8) is 0 Å². The van der Waals surface area contributed by atoms with Crippen molar-refractivity contribution in [1.29, 1.82) is 0 Å². The molecule has 0 fully saturated rings. The maximum absolute atomic E-state index is 5.34. The van der Waals surface area contributed by atoms with Crippen molar-refractivity contribution < 1.29 is 4.74 Å². The fraction of sp³-hybridized carbons (Fsp3) is 0.381. The summed E-state index contributed by atoms with van der Waals surface area (Å²) in [6.07, 6.45) is 2.97. The van der Waals surface area contributed by atoms with Crippen LogP contribution in [0.4, 0.5) is 0 Å². The van der Waals surface area contributed by atoms with Gasteiger partial charge >= 0.3 is 0 Å². The number of halogens is 1. The highest BCUT2D eigenvalue weighted by atomic mass is 79.9. The lowest BCUT2D eigenvalue weighted by molar-refractivity contribution is 0.414. The third-order valence-electron chi connectivity index (χ3n) is 4.59. The van der Waals surface area contributed by atoms with Crippen LogP contribution in [0.5, 0.6) is 5.75 Å². The number of rotatable bonds is 3. The summed E-state index contributed by atoms with van der Waals surface area (Å²) in [6.45, 7) is 10.9. The highest BCUT2D eigenvalue weighted by Gasteiger charge is 2.25. The average Bonchev–Trinajstić information content (AvgIpc) is 2.88. The molecule has 0 spiro atoms. The first-order valence-electron chi connectivity index (χ1n) is 8.52. The van der Waals surface area contributed by atoms with Gasteiger partial charge in [0.1, 0.15) is 11.4 Å². The third-order valence-corrected chi connectivity index (χ3v) is 5.02. The molecule has 0 saturated carbocycles. The molecular formula is C21H25BrN2O. The normalized spacial score (nSPS) is 12.0. The van der Waals surface area contributed by atoms with E-state index in [0.717, 1.165) is 28.0 Å². The second-order valence-corrected chi connectivity index (χ2v) is 8.58. The number of aryl methyl sites for hydroxylation is 2. The molecule has 0 N–H and O–H groups in total. The third kappa shape index (κ3) is 3.45. The molecule has 4 heteroatoms. The first kappa shape index (κ1) is 18.0. The smallest absolute Gasteiger partial charge is 0.140 e. The van der Waals surface area contributed by atoms with Crippen LogP contribution in [0.2, 0.25) is 0 Å². The van der Waals surface area contributed by atoms with Crippen molar-refractivity contribution in [3.05, 3.63) is 63.0 Å². The van der Waals surface area contributed by atoms with Crippen LogP contribution < -0.4 is 4.74 Å². The largest absolute Gasteiger partial charge is 0.497 e. The maximum atomic E-state index is 5.34. The van der Waals surface area contributed by atoms with E-state index in [1.54, 1.807) is 7.11 Å². The van der Waals surface area contributed by atoms with Crippen LogP contribution in [0.15, 0.2) is 34.9 Å². The van der Waals surface area contributed by atoms with Gasteiger partial charge in [0.25, 0.3) is 0 Å². The minimum atomic E-state index is -0.0132. The number of hydrogen-bond acceptors (Lipinski definition) is 2. The molecule has 0 atom stereocenters. The van der Waals surface area contributed by atoms with E-state index in [1.807, 2.05) is 6.07 Å². The monoisotopic (exact) mass is 400 g/mol. The average molecular weight is 401 g/mol. The van der Waals surface area contributed by atoms with Gasteiger partial charge in [0.05, 0.1) is 18.5 Å². The molecule has 0 saturated heterocycles. The predicted octanol–water partition coefficient (Wildman–Crippen LogP) is 5.61. The zero-order valence-electron chi connectivity index (χ0n) is 15.8. The van der Waals surface area contributed by atoms with E-state index in [4.69, 9.17) is 9.72 Å². The summed E-state index contributed by atoms with van der Waals surface area (Å²) >= 11 is 3.63. The van der Waals surface area contributed by atoms with E-state index in [2.05, 4.69) is 79.3 Å². The lowest BCUT2D eigenvalue weighted by atomic mass is 9.88. The number of aromatic nitrogens is 2. The Morgan fingerprint density at radius 3 is 2.44 bits per heavy atom. The number of pyridine rings is 1. The lowest BCUT2D eigenvalue weighted by Crippen LogP contribution is -2.15. The Morgan fingerprint density at radius 2 is 1.84 bits per heavy atom. The molecular weight excluding hydrogens is 376 g/mol. The molecule has 0 unspecified atom stereocenters. The predicted molar refractivity (Wildman–Crippen MR) is 107 cm³/mol. The summed E-state index contributed by atoms with van der Waals surface area (Å²) in [4.78, 5) is 5.00. The summed E-state index contributed by atoms with van der Waals surface area (Å²) in [6, 6.07) is 8.40. The Balaban J connectivity index is 2.20. The van der Waals surface area contributed by atoms with Crippen LogP contribution in [-0.4, -0.2) is 16.5 Å². The Kier molecular flexibility index (Phi) is 4.67. The van der Waals surface area contributed by atoms with Gasteiger partial charge in [0, 0.05) is 22.5 Å². The lowest BCUT2D eigenvalue weighted by Gasteiger charge is -2.18. The number of ether oxygens (including phenoxy) is 1. The molecule has 3 nitrogen and oxygen atoms in total. The van der Waals surface area contributed by atoms with Crippen molar-refractivity contribution in [3.8, 4) is 5.75 Å². The van der Waals surface area contributed by atoms with Gasteiger partial charge in [0.15, 0.2) is 0 Å². The molecule has 0 aliphatic rings. The molecule has 0 aliphatic carbocycles. The van der Waals surface area contributed by atoms with Crippen molar-refractivity contribution in [2.45, 2.75) is 46.5 Å². The summed E-state index contributed by atoms with van der Waals surface area (Å²) in [7, 11) is 1.71. The standard InChI is InChI=1S/C21H25BrN2O/c1-13-10-17(25-6)8-7-15(13)11-18-19(21(3,4)5)23-20-14(2)9-16(22)12-24(18)20/h7-10,12H,11H2,1-6H3. The van der Waals surface area contributed by atoms with E-state index in [9.17, 15) is 0 Å². The van der Waals surface area contributed by atoms with Gasteiger partial charge in [-0.15, -0.1) is 0 Å². The highest BCUT2D eigenvalue weighted by molar-refractivity contribution is 9.10. The van der Waals surface area contributed by atoms with Gasteiger partial charge in [-0.25, -0.2) is 4.98 Å². The van der Waals surface area contributed by atoms with Crippen LogP contribution in [0.25, 0.3) is 5.65 Å². The van der Waals surface area contributed by atoms with Gasteiger partial charge in [-0.3, -0.25) is 0 Å². The van der Waals surface area contributed by atoms with E-state index >= 15 is 0 Å². The quantitative estimate of drug-likeness (QED) is 0.570. The van der Waals surface area contributed by atoms with Crippen molar-refractivity contribution in [2.75, 3.05) is 7.11 Å². The van der Waals surface area contributed by atoms with Gasteiger partial charge in [-0.05, 0) is 64.7 Å². The first-order chi connectivity index (χ1) is 11.7. The van der Waals surface area contributed by atoms with Crippen molar-refractivity contribution >= 4 is 21.6 Å². The molecule has 1 aromatic carbocycles. The molecule has 25 heavy (non-hydrogen) atoms. The second-order valence-electron chi connectivity index (χ2n) is 7.66. The van der Waals surface area contributed by atoms with Gasteiger partial charge in [-0.1, -0.05) is 26.8 Å². The molecule has 0 aliphatic heterocycles. The zero-order chi connectivity index (χ0) is 18.4. The van der Waals surface area contributed by atoms with Crippen LogP contribution in [-0.2, 0) is 11.8 Å². The Hall–Kier alpha value is -1.81. The number of hydrogen-bond donors (Lipinski definition) is 0. The van der Waals surface area contributed by atoms with Gasteiger partial charge in [-0.2, -0.15) is 0 Å². The molecule has 0 bridgehead atoms. The van der Waals surface area contributed by atoms with Crippen LogP contribution in [0.3, 0.4) is 0 Å². The van der Waals surface area contributed by atoms with Gasteiger partial charge < -0.3 is 9.14 Å². The van der Waals surface area contributed by atoms with E-state index in [1.165, 1.54) is 22.4 Å². The minimum absolute atomic E-state index is 0.0132.